The van der Waals surface area contributed by atoms with Crippen molar-refractivity contribution in [1.82, 2.24) is 0 Å². The molecule has 17 heavy (non-hydrogen) atoms. The average molecular weight is 272 g/mol. The molecule has 1 heterocycles. The van der Waals surface area contributed by atoms with E-state index in [2.05, 4.69) is 6.07 Å². The van der Waals surface area contributed by atoms with Crippen LogP contribution in [0, 0.1) is 0 Å². The van der Waals surface area contributed by atoms with Crippen LogP contribution in [-0.2, 0) is 4.74 Å². The van der Waals surface area contributed by atoms with E-state index in [0.29, 0.717) is 17.0 Å². The molecule has 0 aliphatic carbocycles. The Bertz CT molecular complexity index is 355. The number of thioether (sulfide) groups is 1. The van der Waals surface area contributed by atoms with Gasteiger partial charge in [0.2, 0.25) is 0 Å². The molecule has 2 N–H and O–H groups in total. The molecule has 1 aliphatic heterocycles. The predicted octanol–water partition coefficient (Wildman–Crippen LogP) is 3.25. The number of hydrogen-bond donors (Lipinski definition) is 1. The first kappa shape index (κ1) is 13.2. The third-order valence-electron chi connectivity index (χ3n) is 2.99. The minimum absolute atomic E-state index is 0.298. The summed E-state index contributed by atoms with van der Waals surface area (Å²) < 4.78 is 5.37. The summed E-state index contributed by atoms with van der Waals surface area (Å²) in [5.74, 6) is 0. The van der Waals surface area contributed by atoms with Crippen LogP contribution in [0.15, 0.2) is 24.3 Å². The van der Waals surface area contributed by atoms with Crippen molar-refractivity contribution >= 4 is 23.4 Å². The van der Waals surface area contributed by atoms with Gasteiger partial charge in [-0.15, -0.1) is 11.8 Å². The fraction of sp³-hybridized carbons (Fsp3) is 0.538. The lowest BCUT2D eigenvalue weighted by molar-refractivity contribution is 0.0999. The van der Waals surface area contributed by atoms with Crippen LogP contribution >= 0.6 is 23.4 Å². The summed E-state index contributed by atoms with van der Waals surface area (Å²) in [6.45, 7) is 2.38. The molecule has 0 bridgehead atoms. The molecule has 1 fully saturated rings. The van der Waals surface area contributed by atoms with Crippen LogP contribution in [0.2, 0.25) is 5.02 Å². The topological polar surface area (TPSA) is 35.2 Å². The maximum atomic E-state index is 6.22. The molecule has 4 heteroatoms. The van der Waals surface area contributed by atoms with Crippen molar-refractivity contribution in [2.45, 2.75) is 23.3 Å². The lowest BCUT2D eigenvalue weighted by Crippen LogP contribution is -2.21. The molecule has 1 aromatic carbocycles. The van der Waals surface area contributed by atoms with Gasteiger partial charge in [0.25, 0.3) is 0 Å². The number of hydrogen-bond acceptors (Lipinski definition) is 3. The molecule has 1 aliphatic rings. The summed E-state index contributed by atoms with van der Waals surface area (Å²) in [7, 11) is 0. The minimum atomic E-state index is 0.298. The summed E-state index contributed by atoms with van der Waals surface area (Å²) >= 11 is 8.17. The molecule has 2 rings (SSSR count). The number of ether oxygens (including phenoxy) is 1. The van der Waals surface area contributed by atoms with Crippen molar-refractivity contribution in [2.75, 3.05) is 19.8 Å². The van der Waals surface area contributed by atoms with Gasteiger partial charge in [0, 0.05) is 35.3 Å². The van der Waals surface area contributed by atoms with Crippen LogP contribution in [0.3, 0.4) is 0 Å². The van der Waals surface area contributed by atoms with Crippen molar-refractivity contribution in [2.24, 2.45) is 5.73 Å². The zero-order chi connectivity index (χ0) is 12.1. The molecule has 1 saturated heterocycles. The highest BCUT2D eigenvalue weighted by Crippen LogP contribution is 2.38. The third kappa shape index (κ3) is 3.62. The molecular formula is C13H18ClNOS. The molecule has 1 atom stereocenters. The maximum Gasteiger partial charge on any atom is 0.0476 e. The second-order valence-electron chi connectivity index (χ2n) is 4.19. The number of rotatable bonds is 4. The third-order valence-corrected chi connectivity index (χ3v) is 4.97. The van der Waals surface area contributed by atoms with E-state index in [1.54, 1.807) is 0 Å². The Hall–Kier alpha value is -0.220. The highest BCUT2D eigenvalue weighted by Gasteiger charge is 2.21. The lowest BCUT2D eigenvalue weighted by Gasteiger charge is -2.26. The first-order chi connectivity index (χ1) is 8.31. The van der Waals surface area contributed by atoms with Crippen LogP contribution in [0.5, 0.6) is 0 Å². The Labute approximate surface area is 112 Å². The largest absolute Gasteiger partial charge is 0.381 e. The van der Waals surface area contributed by atoms with Gasteiger partial charge >= 0.3 is 0 Å². The minimum Gasteiger partial charge on any atom is -0.381 e. The molecule has 1 unspecified atom stereocenters. The Morgan fingerprint density at radius 2 is 2.06 bits per heavy atom. The molecule has 0 saturated carbocycles. The Balaban J connectivity index is 2.03. The smallest absolute Gasteiger partial charge is 0.0476 e. The number of benzene rings is 1. The van der Waals surface area contributed by atoms with E-state index in [4.69, 9.17) is 22.1 Å². The van der Waals surface area contributed by atoms with E-state index in [-0.39, 0.29) is 0 Å². The monoisotopic (exact) mass is 271 g/mol. The summed E-state index contributed by atoms with van der Waals surface area (Å²) in [6, 6.07) is 7.99. The van der Waals surface area contributed by atoms with E-state index in [1.807, 2.05) is 30.0 Å². The first-order valence-electron chi connectivity index (χ1n) is 5.99. The molecule has 0 amide bonds. The molecule has 0 radical (unpaired) electrons. The zero-order valence-electron chi connectivity index (χ0n) is 9.77. The number of halogens is 1. The fourth-order valence-electron chi connectivity index (χ4n) is 2.04. The van der Waals surface area contributed by atoms with Gasteiger partial charge in [-0.25, -0.2) is 0 Å². The highest BCUT2D eigenvalue weighted by molar-refractivity contribution is 8.00. The van der Waals surface area contributed by atoms with Gasteiger partial charge in [0.05, 0.1) is 0 Å². The Morgan fingerprint density at radius 3 is 2.71 bits per heavy atom. The standard InChI is InChI=1S/C13H18ClNOS/c14-12-4-2-1-3-11(12)13(9-15)17-10-5-7-16-8-6-10/h1-4,10,13H,5-9,15H2. The second kappa shape index (κ2) is 6.64. The molecule has 1 aromatic rings. The van der Waals surface area contributed by atoms with Gasteiger partial charge in [-0.05, 0) is 24.5 Å². The summed E-state index contributed by atoms with van der Waals surface area (Å²) in [4.78, 5) is 0. The molecule has 2 nitrogen and oxygen atoms in total. The average Bonchev–Trinajstić information content (AvgIpc) is 2.38. The van der Waals surface area contributed by atoms with Gasteiger partial charge in [-0.2, -0.15) is 0 Å². The summed E-state index contributed by atoms with van der Waals surface area (Å²) in [5.41, 5.74) is 7.04. The Kier molecular flexibility index (Phi) is 5.16. The molecule has 0 spiro atoms. The maximum absolute atomic E-state index is 6.22. The SMILES string of the molecule is NCC(SC1CCOCC1)c1ccccc1Cl. The van der Waals surface area contributed by atoms with E-state index < -0.39 is 0 Å². The predicted molar refractivity (Wildman–Crippen MR) is 74.7 cm³/mol. The van der Waals surface area contributed by atoms with Gasteiger partial charge in [-0.3, -0.25) is 0 Å². The Morgan fingerprint density at radius 1 is 1.35 bits per heavy atom. The van der Waals surface area contributed by atoms with Gasteiger partial charge in [0.1, 0.15) is 0 Å². The lowest BCUT2D eigenvalue weighted by atomic mass is 10.1. The highest BCUT2D eigenvalue weighted by atomic mass is 35.5. The van der Waals surface area contributed by atoms with Gasteiger partial charge in [0.15, 0.2) is 0 Å². The number of nitrogens with two attached hydrogens (primary N) is 1. The summed E-state index contributed by atoms with van der Waals surface area (Å²) in [6.07, 6.45) is 2.23. The van der Waals surface area contributed by atoms with Crippen molar-refractivity contribution in [1.29, 1.82) is 0 Å². The van der Waals surface area contributed by atoms with Crippen LogP contribution in [-0.4, -0.2) is 25.0 Å². The van der Waals surface area contributed by atoms with Crippen molar-refractivity contribution in [3.05, 3.63) is 34.9 Å². The molecule has 0 aromatic heterocycles. The van der Waals surface area contributed by atoms with E-state index in [0.717, 1.165) is 36.6 Å². The molecule has 94 valence electrons. The zero-order valence-corrected chi connectivity index (χ0v) is 11.3. The summed E-state index contributed by atoms with van der Waals surface area (Å²) in [5, 5.41) is 1.77. The van der Waals surface area contributed by atoms with Crippen molar-refractivity contribution < 1.29 is 4.74 Å². The van der Waals surface area contributed by atoms with E-state index in [9.17, 15) is 0 Å². The van der Waals surface area contributed by atoms with E-state index >= 15 is 0 Å². The second-order valence-corrected chi connectivity index (χ2v) is 6.11. The fourth-order valence-corrected chi connectivity index (χ4v) is 3.76. The van der Waals surface area contributed by atoms with Crippen LogP contribution < -0.4 is 5.73 Å². The first-order valence-corrected chi connectivity index (χ1v) is 7.31. The van der Waals surface area contributed by atoms with Gasteiger partial charge in [-0.1, -0.05) is 29.8 Å². The van der Waals surface area contributed by atoms with Crippen LogP contribution in [0.1, 0.15) is 23.7 Å². The van der Waals surface area contributed by atoms with Crippen molar-refractivity contribution in [3.8, 4) is 0 Å². The van der Waals surface area contributed by atoms with E-state index in [1.165, 1.54) is 0 Å². The molecular weight excluding hydrogens is 254 g/mol. The van der Waals surface area contributed by atoms with Crippen molar-refractivity contribution in [3.63, 3.8) is 0 Å². The van der Waals surface area contributed by atoms with Crippen LogP contribution in [0.4, 0.5) is 0 Å². The normalized spacial score (nSPS) is 19.2. The van der Waals surface area contributed by atoms with Gasteiger partial charge < -0.3 is 10.5 Å². The van der Waals surface area contributed by atoms with Crippen LogP contribution in [0.25, 0.3) is 0 Å². The quantitative estimate of drug-likeness (QED) is 0.913.